The molecule has 0 bridgehead atoms. The van der Waals surface area contributed by atoms with E-state index >= 15 is 0 Å². The van der Waals surface area contributed by atoms with Crippen LogP contribution in [0.1, 0.15) is 19.4 Å². The number of ether oxygens (including phenoxy) is 1. The minimum atomic E-state index is -0.284. The predicted octanol–water partition coefficient (Wildman–Crippen LogP) is 3.77. The molecule has 1 aromatic heterocycles. The Labute approximate surface area is 100 Å². The molecule has 16 heavy (non-hydrogen) atoms. The molecule has 1 aromatic carbocycles. The molecule has 0 fully saturated rings. The molecule has 3 heteroatoms. The van der Waals surface area contributed by atoms with E-state index in [2.05, 4.69) is 17.1 Å². The van der Waals surface area contributed by atoms with E-state index in [4.69, 9.17) is 16.3 Å². The van der Waals surface area contributed by atoms with Gasteiger partial charge in [0.25, 0.3) is 0 Å². The molecule has 2 aromatic rings. The second kappa shape index (κ2) is 4.04. The second-order valence-electron chi connectivity index (χ2n) is 4.28. The zero-order valence-corrected chi connectivity index (χ0v) is 10.4. The van der Waals surface area contributed by atoms with E-state index in [0.717, 1.165) is 16.3 Å². The first-order valence-corrected chi connectivity index (χ1v) is 5.52. The van der Waals surface area contributed by atoms with Crippen LogP contribution in [0, 0.1) is 0 Å². The lowest BCUT2D eigenvalue weighted by atomic mass is 9.96. The number of pyridine rings is 1. The quantitative estimate of drug-likeness (QED) is 0.740. The van der Waals surface area contributed by atoms with Crippen LogP contribution < -0.4 is 0 Å². The lowest BCUT2D eigenvalue weighted by molar-refractivity contribution is 0.0193. The first-order valence-electron chi connectivity index (χ1n) is 5.14. The summed E-state index contributed by atoms with van der Waals surface area (Å²) in [6.07, 6.45) is 1.78. The molecule has 0 saturated heterocycles. The lowest BCUT2D eigenvalue weighted by Gasteiger charge is -2.23. The van der Waals surface area contributed by atoms with Gasteiger partial charge in [0, 0.05) is 18.7 Å². The van der Waals surface area contributed by atoms with E-state index in [0.29, 0.717) is 5.15 Å². The number of rotatable bonds is 2. The van der Waals surface area contributed by atoms with Gasteiger partial charge in [-0.25, -0.2) is 4.98 Å². The molecule has 1 heterocycles. The fourth-order valence-corrected chi connectivity index (χ4v) is 1.77. The van der Waals surface area contributed by atoms with Gasteiger partial charge in [-0.1, -0.05) is 23.7 Å². The molecule has 0 spiro atoms. The van der Waals surface area contributed by atoms with Gasteiger partial charge in [0.15, 0.2) is 0 Å². The van der Waals surface area contributed by atoms with Crippen LogP contribution in [-0.4, -0.2) is 12.1 Å². The third-order valence-corrected chi connectivity index (χ3v) is 3.10. The lowest BCUT2D eigenvalue weighted by Crippen LogP contribution is -2.19. The minimum Gasteiger partial charge on any atom is -0.374 e. The number of aromatic nitrogens is 1. The van der Waals surface area contributed by atoms with Crippen LogP contribution in [0.4, 0.5) is 0 Å². The van der Waals surface area contributed by atoms with Crippen molar-refractivity contribution in [2.24, 2.45) is 0 Å². The Hall–Kier alpha value is -1.12. The summed E-state index contributed by atoms with van der Waals surface area (Å²) < 4.78 is 5.45. The second-order valence-corrected chi connectivity index (χ2v) is 4.67. The van der Waals surface area contributed by atoms with Gasteiger partial charge in [-0.3, -0.25) is 0 Å². The molecule has 0 saturated carbocycles. The van der Waals surface area contributed by atoms with Crippen molar-refractivity contribution in [3.8, 4) is 0 Å². The Morgan fingerprint density at radius 1 is 1.19 bits per heavy atom. The molecule has 2 nitrogen and oxygen atoms in total. The molecule has 0 aliphatic heterocycles. The average Bonchev–Trinajstić information content (AvgIpc) is 2.28. The van der Waals surface area contributed by atoms with Crippen molar-refractivity contribution in [2.45, 2.75) is 19.4 Å². The van der Waals surface area contributed by atoms with Gasteiger partial charge in [0.05, 0.1) is 5.60 Å². The standard InChI is InChI=1S/C13H14ClNO/c1-13(2,16-3)11-5-4-9-7-12(14)15-8-10(9)6-11/h4-8H,1-3H3. The van der Waals surface area contributed by atoms with Gasteiger partial charge in [0.1, 0.15) is 5.15 Å². The third-order valence-electron chi connectivity index (χ3n) is 2.89. The predicted molar refractivity (Wildman–Crippen MR) is 66.8 cm³/mol. The number of nitrogens with zero attached hydrogens (tertiary/aromatic N) is 1. The fourth-order valence-electron chi connectivity index (χ4n) is 1.61. The minimum absolute atomic E-state index is 0.284. The normalized spacial score (nSPS) is 12.0. The highest BCUT2D eigenvalue weighted by Gasteiger charge is 2.19. The van der Waals surface area contributed by atoms with Gasteiger partial charge in [-0.15, -0.1) is 0 Å². The van der Waals surface area contributed by atoms with Crippen molar-refractivity contribution in [1.82, 2.24) is 4.98 Å². The van der Waals surface area contributed by atoms with Crippen molar-refractivity contribution in [2.75, 3.05) is 7.11 Å². The summed E-state index contributed by atoms with van der Waals surface area (Å²) in [5.41, 5.74) is 0.847. The molecule has 0 amide bonds. The van der Waals surface area contributed by atoms with Gasteiger partial charge >= 0.3 is 0 Å². The highest BCUT2D eigenvalue weighted by Crippen LogP contribution is 2.27. The zero-order valence-electron chi connectivity index (χ0n) is 9.62. The maximum atomic E-state index is 5.84. The maximum absolute atomic E-state index is 5.84. The summed E-state index contributed by atoms with van der Waals surface area (Å²) in [6, 6.07) is 8.05. The summed E-state index contributed by atoms with van der Waals surface area (Å²) >= 11 is 5.84. The first kappa shape index (κ1) is 11.4. The van der Waals surface area contributed by atoms with Crippen molar-refractivity contribution in [3.63, 3.8) is 0 Å². The summed E-state index contributed by atoms with van der Waals surface area (Å²) in [5.74, 6) is 0. The molecule has 0 atom stereocenters. The molecule has 0 unspecified atom stereocenters. The van der Waals surface area contributed by atoms with Gasteiger partial charge in [-0.05, 0) is 36.9 Å². The highest BCUT2D eigenvalue weighted by molar-refractivity contribution is 6.30. The molecule has 0 aliphatic carbocycles. The largest absolute Gasteiger partial charge is 0.374 e. The Balaban J connectivity index is 2.57. The van der Waals surface area contributed by atoms with Crippen molar-refractivity contribution in [1.29, 1.82) is 0 Å². The van der Waals surface area contributed by atoms with Crippen LogP contribution in [-0.2, 0) is 10.3 Å². The van der Waals surface area contributed by atoms with E-state index < -0.39 is 0 Å². The smallest absolute Gasteiger partial charge is 0.129 e. The summed E-state index contributed by atoms with van der Waals surface area (Å²) in [6.45, 7) is 4.08. The molecule has 84 valence electrons. The van der Waals surface area contributed by atoms with Crippen molar-refractivity contribution in [3.05, 3.63) is 41.2 Å². The third kappa shape index (κ3) is 2.04. The van der Waals surface area contributed by atoms with E-state index in [1.54, 1.807) is 13.3 Å². The Morgan fingerprint density at radius 2 is 1.94 bits per heavy atom. The number of fused-ring (bicyclic) bond motifs is 1. The number of benzene rings is 1. The van der Waals surface area contributed by atoms with E-state index in [1.807, 2.05) is 26.0 Å². The molecular weight excluding hydrogens is 222 g/mol. The first-order chi connectivity index (χ1) is 7.53. The van der Waals surface area contributed by atoms with Gasteiger partial charge in [-0.2, -0.15) is 0 Å². The van der Waals surface area contributed by atoms with Crippen LogP contribution in [0.25, 0.3) is 10.8 Å². The summed E-state index contributed by atoms with van der Waals surface area (Å²) in [5, 5.41) is 2.69. The number of hydrogen-bond acceptors (Lipinski definition) is 2. The Morgan fingerprint density at radius 3 is 2.62 bits per heavy atom. The average molecular weight is 236 g/mol. The molecule has 0 N–H and O–H groups in total. The number of methoxy groups -OCH3 is 1. The molecule has 0 radical (unpaired) electrons. The van der Waals surface area contributed by atoms with Crippen LogP contribution in [0.15, 0.2) is 30.5 Å². The van der Waals surface area contributed by atoms with E-state index in [9.17, 15) is 0 Å². The summed E-state index contributed by atoms with van der Waals surface area (Å²) in [4.78, 5) is 4.08. The summed E-state index contributed by atoms with van der Waals surface area (Å²) in [7, 11) is 1.71. The van der Waals surface area contributed by atoms with Crippen LogP contribution in [0.5, 0.6) is 0 Å². The van der Waals surface area contributed by atoms with Crippen molar-refractivity contribution >= 4 is 22.4 Å². The molecule has 0 aliphatic rings. The topological polar surface area (TPSA) is 22.1 Å². The number of halogens is 1. The molecule has 2 rings (SSSR count). The van der Waals surface area contributed by atoms with E-state index in [-0.39, 0.29) is 5.60 Å². The van der Waals surface area contributed by atoms with Crippen LogP contribution in [0.2, 0.25) is 5.15 Å². The Kier molecular flexibility index (Phi) is 2.87. The monoisotopic (exact) mass is 235 g/mol. The molecular formula is C13H14ClNO. The maximum Gasteiger partial charge on any atom is 0.129 e. The van der Waals surface area contributed by atoms with Crippen LogP contribution in [0.3, 0.4) is 0 Å². The van der Waals surface area contributed by atoms with Gasteiger partial charge in [0.2, 0.25) is 0 Å². The van der Waals surface area contributed by atoms with Crippen LogP contribution >= 0.6 is 11.6 Å². The zero-order chi connectivity index (χ0) is 11.8. The fraction of sp³-hybridized carbons (Fsp3) is 0.308. The van der Waals surface area contributed by atoms with Gasteiger partial charge < -0.3 is 4.74 Å². The number of hydrogen-bond donors (Lipinski definition) is 0. The van der Waals surface area contributed by atoms with Crippen molar-refractivity contribution < 1.29 is 4.74 Å². The highest BCUT2D eigenvalue weighted by atomic mass is 35.5. The SMILES string of the molecule is COC(C)(C)c1ccc2cc(Cl)ncc2c1. The Bertz CT molecular complexity index is 522. The van der Waals surface area contributed by atoms with E-state index in [1.165, 1.54) is 0 Å².